The number of piperidine rings is 1. The van der Waals surface area contributed by atoms with Crippen LogP contribution in [0.2, 0.25) is 0 Å². The molecule has 188 valence electrons. The molecule has 7 heteroatoms. The SMILES string of the molecule is CN1CC[C@@]2(CCCN(C(=O)OC(C)(C)C)[C@H]2COC2CCC(c3ccccc3)CC2)NC1=O. The van der Waals surface area contributed by atoms with Gasteiger partial charge in [0, 0.05) is 20.1 Å². The van der Waals surface area contributed by atoms with Gasteiger partial charge in [0.25, 0.3) is 0 Å². The molecule has 2 heterocycles. The lowest BCUT2D eigenvalue weighted by molar-refractivity contribution is -0.0641. The van der Waals surface area contributed by atoms with Crippen LogP contribution in [0.3, 0.4) is 0 Å². The topological polar surface area (TPSA) is 71.1 Å². The van der Waals surface area contributed by atoms with Crippen LogP contribution in [0.25, 0.3) is 0 Å². The summed E-state index contributed by atoms with van der Waals surface area (Å²) in [7, 11) is 1.81. The summed E-state index contributed by atoms with van der Waals surface area (Å²) in [4.78, 5) is 29.3. The third-order valence-electron chi connectivity index (χ3n) is 7.69. The van der Waals surface area contributed by atoms with Gasteiger partial charge in [-0.3, -0.25) is 0 Å². The molecule has 0 aromatic heterocycles. The van der Waals surface area contributed by atoms with Crippen molar-refractivity contribution in [1.29, 1.82) is 0 Å². The molecule has 1 saturated carbocycles. The average Bonchev–Trinajstić information content (AvgIpc) is 2.80. The number of carbonyl (C=O) groups is 2. The molecule has 0 unspecified atom stereocenters. The largest absolute Gasteiger partial charge is 0.444 e. The van der Waals surface area contributed by atoms with Crippen LogP contribution in [-0.4, -0.2) is 72.0 Å². The second-order valence-corrected chi connectivity index (χ2v) is 11.3. The van der Waals surface area contributed by atoms with Crippen molar-refractivity contribution in [2.45, 2.75) is 94.9 Å². The smallest absolute Gasteiger partial charge is 0.410 e. The number of likely N-dealkylation sites (tertiary alicyclic amines) is 1. The first-order chi connectivity index (χ1) is 16.2. The van der Waals surface area contributed by atoms with Crippen LogP contribution < -0.4 is 5.32 Å². The number of benzene rings is 1. The van der Waals surface area contributed by atoms with Crippen LogP contribution in [0.5, 0.6) is 0 Å². The highest BCUT2D eigenvalue weighted by molar-refractivity contribution is 5.76. The zero-order valence-corrected chi connectivity index (χ0v) is 21.2. The Labute approximate surface area is 204 Å². The van der Waals surface area contributed by atoms with Crippen LogP contribution in [0, 0.1) is 0 Å². The Balaban J connectivity index is 1.44. The standard InChI is InChI=1S/C27H41N3O4/c1-26(2,3)34-25(32)30-17-8-15-27(16-18-29(4)24(31)28-27)23(30)19-33-22-13-11-21(12-14-22)20-9-6-5-7-10-20/h5-7,9-10,21-23H,8,11-19H2,1-4H3,(H,28,31)/t21?,22?,23-,27+/m0/s1. The van der Waals surface area contributed by atoms with E-state index in [1.165, 1.54) is 5.56 Å². The van der Waals surface area contributed by atoms with E-state index in [9.17, 15) is 9.59 Å². The highest BCUT2D eigenvalue weighted by Gasteiger charge is 2.50. The Morgan fingerprint density at radius 2 is 1.79 bits per heavy atom. The molecule has 2 aliphatic heterocycles. The predicted octanol–water partition coefficient (Wildman–Crippen LogP) is 4.91. The first-order valence-corrected chi connectivity index (χ1v) is 12.9. The summed E-state index contributed by atoms with van der Waals surface area (Å²) in [5, 5.41) is 3.25. The maximum absolute atomic E-state index is 13.2. The van der Waals surface area contributed by atoms with Crippen molar-refractivity contribution >= 4 is 12.1 Å². The molecule has 3 aliphatic rings. The highest BCUT2D eigenvalue weighted by Crippen LogP contribution is 2.37. The molecule has 0 bridgehead atoms. The molecule has 1 aliphatic carbocycles. The number of nitrogens with zero attached hydrogens (tertiary/aromatic N) is 2. The quantitative estimate of drug-likeness (QED) is 0.677. The van der Waals surface area contributed by atoms with E-state index >= 15 is 0 Å². The van der Waals surface area contributed by atoms with Crippen molar-refractivity contribution < 1.29 is 19.1 Å². The third-order valence-corrected chi connectivity index (χ3v) is 7.69. The average molecular weight is 472 g/mol. The van der Waals surface area contributed by atoms with Gasteiger partial charge < -0.3 is 24.6 Å². The Morgan fingerprint density at radius 3 is 2.44 bits per heavy atom. The summed E-state index contributed by atoms with van der Waals surface area (Å²) in [5.74, 6) is 0.591. The van der Waals surface area contributed by atoms with Gasteiger partial charge in [-0.25, -0.2) is 9.59 Å². The van der Waals surface area contributed by atoms with E-state index in [-0.39, 0.29) is 24.3 Å². The zero-order chi connectivity index (χ0) is 24.3. The zero-order valence-electron chi connectivity index (χ0n) is 21.2. The Kier molecular flexibility index (Phi) is 7.41. The Morgan fingerprint density at radius 1 is 1.09 bits per heavy atom. The molecule has 0 radical (unpaired) electrons. The first-order valence-electron chi connectivity index (χ1n) is 12.9. The number of carbonyl (C=O) groups excluding carboxylic acids is 2. The van der Waals surface area contributed by atoms with E-state index in [0.29, 0.717) is 25.6 Å². The summed E-state index contributed by atoms with van der Waals surface area (Å²) in [6.07, 6.45) is 6.60. The molecule has 1 aromatic rings. The minimum Gasteiger partial charge on any atom is -0.444 e. The maximum atomic E-state index is 13.2. The van der Waals surface area contributed by atoms with Gasteiger partial charge in [-0.05, 0) is 77.2 Å². The summed E-state index contributed by atoms with van der Waals surface area (Å²) in [5.41, 5.74) is 0.371. The molecule has 34 heavy (non-hydrogen) atoms. The molecular formula is C27H41N3O4. The summed E-state index contributed by atoms with van der Waals surface area (Å²) in [6.45, 7) is 7.38. The van der Waals surface area contributed by atoms with E-state index < -0.39 is 11.1 Å². The normalized spacial score (nSPS) is 30.2. The summed E-state index contributed by atoms with van der Waals surface area (Å²) < 4.78 is 12.2. The molecule has 1 aromatic carbocycles. The van der Waals surface area contributed by atoms with Crippen molar-refractivity contribution in [1.82, 2.24) is 15.1 Å². The lowest BCUT2D eigenvalue weighted by Crippen LogP contribution is -2.71. The molecule has 1 spiro atoms. The van der Waals surface area contributed by atoms with Crippen molar-refractivity contribution in [2.24, 2.45) is 0 Å². The van der Waals surface area contributed by atoms with Crippen LogP contribution in [0.4, 0.5) is 9.59 Å². The monoisotopic (exact) mass is 471 g/mol. The van der Waals surface area contributed by atoms with Crippen LogP contribution in [0.1, 0.15) is 77.2 Å². The van der Waals surface area contributed by atoms with E-state index in [2.05, 4.69) is 35.6 Å². The minimum atomic E-state index is -0.570. The van der Waals surface area contributed by atoms with Gasteiger partial charge in [0.1, 0.15) is 5.60 Å². The predicted molar refractivity (Wildman–Crippen MR) is 132 cm³/mol. The van der Waals surface area contributed by atoms with Crippen molar-refractivity contribution in [3.05, 3.63) is 35.9 Å². The number of rotatable bonds is 4. The molecule has 1 N–H and O–H groups in total. The van der Waals surface area contributed by atoms with Gasteiger partial charge in [0.05, 0.1) is 24.3 Å². The number of ether oxygens (including phenoxy) is 2. The maximum Gasteiger partial charge on any atom is 0.410 e. The van der Waals surface area contributed by atoms with E-state index in [4.69, 9.17) is 9.47 Å². The van der Waals surface area contributed by atoms with E-state index in [1.54, 1.807) is 4.90 Å². The Bertz CT molecular complexity index is 847. The van der Waals surface area contributed by atoms with Crippen LogP contribution >= 0.6 is 0 Å². The lowest BCUT2D eigenvalue weighted by atomic mass is 9.77. The Hall–Kier alpha value is -2.28. The number of nitrogens with one attached hydrogen (secondary N) is 1. The van der Waals surface area contributed by atoms with Gasteiger partial charge in [0.15, 0.2) is 0 Å². The van der Waals surface area contributed by atoms with Gasteiger partial charge in [-0.1, -0.05) is 30.3 Å². The molecule has 2 atom stereocenters. The second-order valence-electron chi connectivity index (χ2n) is 11.3. The van der Waals surface area contributed by atoms with Gasteiger partial charge in [0.2, 0.25) is 0 Å². The minimum absolute atomic E-state index is 0.0781. The van der Waals surface area contributed by atoms with Crippen molar-refractivity contribution in [3.8, 4) is 0 Å². The molecule has 3 amide bonds. The van der Waals surface area contributed by atoms with Gasteiger partial charge >= 0.3 is 12.1 Å². The third kappa shape index (κ3) is 5.68. The number of hydrogen-bond acceptors (Lipinski definition) is 4. The lowest BCUT2D eigenvalue weighted by Gasteiger charge is -2.53. The highest BCUT2D eigenvalue weighted by atomic mass is 16.6. The summed E-state index contributed by atoms with van der Waals surface area (Å²) >= 11 is 0. The second kappa shape index (κ2) is 10.1. The molecule has 4 rings (SSSR count). The molecule has 7 nitrogen and oxygen atoms in total. The molecular weight excluding hydrogens is 430 g/mol. The van der Waals surface area contributed by atoms with Crippen molar-refractivity contribution in [2.75, 3.05) is 26.7 Å². The fourth-order valence-corrected chi connectivity index (χ4v) is 5.77. The van der Waals surface area contributed by atoms with E-state index in [0.717, 1.165) is 44.9 Å². The number of hydrogen-bond donors (Lipinski definition) is 1. The van der Waals surface area contributed by atoms with Gasteiger partial charge in [-0.2, -0.15) is 0 Å². The van der Waals surface area contributed by atoms with E-state index in [1.807, 2.05) is 32.7 Å². The fraction of sp³-hybridized carbons (Fsp3) is 0.704. The molecule has 2 saturated heterocycles. The number of urea groups is 1. The van der Waals surface area contributed by atoms with Crippen LogP contribution in [0.15, 0.2) is 30.3 Å². The fourth-order valence-electron chi connectivity index (χ4n) is 5.77. The number of amides is 3. The first kappa shape index (κ1) is 24.8. The van der Waals surface area contributed by atoms with Crippen LogP contribution in [-0.2, 0) is 9.47 Å². The molecule has 3 fully saturated rings. The summed E-state index contributed by atoms with van der Waals surface area (Å²) in [6, 6.07) is 10.4. The van der Waals surface area contributed by atoms with Gasteiger partial charge in [-0.15, -0.1) is 0 Å². The van der Waals surface area contributed by atoms with Crippen molar-refractivity contribution in [3.63, 3.8) is 0 Å².